The number of sulfone groups is 1. The van der Waals surface area contributed by atoms with Crippen molar-refractivity contribution in [3.05, 3.63) is 71.9 Å². The van der Waals surface area contributed by atoms with Crippen LogP contribution in [0.25, 0.3) is 16.9 Å². The molecule has 3 rings (SSSR count). The van der Waals surface area contributed by atoms with Crippen LogP contribution in [-0.4, -0.2) is 54.0 Å². The average molecular weight is 471 g/mol. The minimum atomic E-state index is -3.33. The van der Waals surface area contributed by atoms with Crippen LogP contribution in [-0.2, 0) is 25.8 Å². The number of nitrogens with zero attached hydrogens (tertiary/aromatic N) is 1. The molecule has 1 amide bonds. The van der Waals surface area contributed by atoms with Crippen molar-refractivity contribution in [2.45, 2.75) is 30.7 Å². The van der Waals surface area contributed by atoms with Gasteiger partial charge in [-0.2, -0.15) is 0 Å². The van der Waals surface area contributed by atoms with E-state index in [-0.39, 0.29) is 24.3 Å². The summed E-state index contributed by atoms with van der Waals surface area (Å²) in [5.41, 5.74) is 3.91. The van der Waals surface area contributed by atoms with Crippen molar-refractivity contribution in [1.29, 1.82) is 0 Å². The molecule has 1 atom stereocenters. The Morgan fingerprint density at radius 2 is 1.70 bits per heavy atom. The third-order valence-corrected chi connectivity index (χ3v) is 6.48. The van der Waals surface area contributed by atoms with E-state index in [0.29, 0.717) is 5.56 Å². The van der Waals surface area contributed by atoms with Crippen molar-refractivity contribution in [2.24, 2.45) is 0 Å². The number of nitrogens with one attached hydrogen (secondary N) is 1. The molecule has 3 N–H and O–H groups in total. The second-order valence-corrected chi connectivity index (χ2v) is 9.77. The van der Waals surface area contributed by atoms with Gasteiger partial charge in [-0.05, 0) is 48.4 Å². The first-order valence-corrected chi connectivity index (χ1v) is 12.2. The number of carbonyl (C=O) groups is 2. The summed E-state index contributed by atoms with van der Waals surface area (Å²) >= 11 is 0. The molecule has 0 radical (unpaired) electrons. The maximum Gasteiger partial charge on any atom is 0.326 e. The van der Waals surface area contributed by atoms with Crippen LogP contribution in [0.5, 0.6) is 0 Å². The fraction of sp³-hybridized carbons (Fsp3) is 0.250. The van der Waals surface area contributed by atoms with Crippen LogP contribution in [0.2, 0.25) is 0 Å². The van der Waals surface area contributed by atoms with Gasteiger partial charge in [0.15, 0.2) is 9.84 Å². The number of aromatic nitrogens is 1. The summed E-state index contributed by atoms with van der Waals surface area (Å²) in [5, 5.41) is 20.7. The molecule has 33 heavy (non-hydrogen) atoms. The Balaban J connectivity index is 2.01. The molecule has 1 heterocycles. The van der Waals surface area contributed by atoms with E-state index in [1.807, 2.05) is 47.9 Å². The number of hydrogen-bond acceptors (Lipinski definition) is 5. The summed E-state index contributed by atoms with van der Waals surface area (Å²) in [6, 6.07) is 16.7. The Hall–Kier alpha value is -3.43. The van der Waals surface area contributed by atoms with Gasteiger partial charge < -0.3 is 20.1 Å². The summed E-state index contributed by atoms with van der Waals surface area (Å²) in [6.07, 6.45) is 1.02. The average Bonchev–Trinajstić information content (AvgIpc) is 3.09. The first-order valence-electron chi connectivity index (χ1n) is 10.3. The highest BCUT2D eigenvalue weighted by atomic mass is 32.2. The maximum atomic E-state index is 12.6. The molecule has 8 nitrogen and oxygen atoms in total. The highest BCUT2D eigenvalue weighted by molar-refractivity contribution is 7.90. The van der Waals surface area contributed by atoms with Gasteiger partial charge in [0.1, 0.15) is 6.04 Å². The first kappa shape index (κ1) is 24.2. The lowest BCUT2D eigenvalue weighted by molar-refractivity contribution is -0.142. The molecule has 0 saturated heterocycles. The lowest BCUT2D eigenvalue weighted by atomic mass is 10.1. The van der Waals surface area contributed by atoms with Crippen LogP contribution >= 0.6 is 0 Å². The molecule has 0 spiro atoms. The van der Waals surface area contributed by atoms with Crippen molar-refractivity contribution in [2.75, 3.05) is 12.9 Å². The molecule has 0 unspecified atom stereocenters. The monoisotopic (exact) mass is 470 g/mol. The van der Waals surface area contributed by atoms with Crippen LogP contribution in [0, 0.1) is 6.92 Å². The van der Waals surface area contributed by atoms with Gasteiger partial charge in [-0.25, -0.2) is 13.2 Å². The van der Waals surface area contributed by atoms with Crippen molar-refractivity contribution >= 4 is 21.7 Å². The molecule has 0 bridgehead atoms. The van der Waals surface area contributed by atoms with E-state index in [0.717, 1.165) is 28.9 Å². The van der Waals surface area contributed by atoms with Crippen molar-refractivity contribution in [3.63, 3.8) is 0 Å². The Labute approximate surface area is 192 Å². The maximum absolute atomic E-state index is 12.6. The normalized spacial score (nSPS) is 12.3. The molecule has 0 aliphatic heterocycles. The molecule has 174 valence electrons. The van der Waals surface area contributed by atoms with Gasteiger partial charge in [-0.3, -0.25) is 4.79 Å². The van der Waals surface area contributed by atoms with E-state index < -0.39 is 27.8 Å². The molecule has 2 aromatic carbocycles. The van der Waals surface area contributed by atoms with Gasteiger partial charge in [-0.1, -0.05) is 30.3 Å². The summed E-state index contributed by atoms with van der Waals surface area (Å²) in [4.78, 5) is 24.1. The number of amides is 1. The summed E-state index contributed by atoms with van der Waals surface area (Å²) in [7, 11) is -3.33. The SMILES string of the molecule is Cc1c(CC(=O)N[C@@H](CCO)C(=O)O)cc(-c2ccc(S(C)(=O)=O)cc2)n1-c1ccccc1. The summed E-state index contributed by atoms with van der Waals surface area (Å²) < 4.78 is 25.6. The molecule has 1 aromatic heterocycles. The highest BCUT2D eigenvalue weighted by Crippen LogP contribution is 2.30. The second kappa shape index (κ2) is 10.0. The molecular formula is C24H26N2O6S. The minimum absolute atomic E-state index is 0.0463. The Morgan fingerprint density at radius 3 is 2.24 bits per heavy atom. The smallest absolute Gasteiger partial charge is 0.326 e. The summed E-state index contributed by atoms with van der Waals surface area (Å²) in [5.74, 6) is -1.68. The van der Waals surface area contributed by atoms with Crippen LogP contribution in [0.15, 0.2) is 65.6 Å². The minimum Gasteiger partial charge on any atom is -0.480 e. The fourth-order valence-electron chi connectivity index (χ4n) is 3.64. The Kier molecular flexibility index (Phi) is 7.35. The van der Waals surface area contributed by atoms with Gasteiger partial charge in [0.25, 0.3) is 0 Å². The number of rotatable bonds is 9. The number of aliphatic hydroxyl groups is 1. The van der Waals surface area contributed by atoms with E-state index in [2.05, 4.69) is 5.32 Å². The van der Waals surface area contributed by atoms with Crippen molar-refractivity contribution in [1.82, 2.24) is 9.88 Å². The third-order valence-electron chi connectivity index (χ3n) is 5.35. The first-order chi connectivity index (χ1) is 15.6. The number of para-hydroxylation sites is 1. The van der Waals surface area contributed by atoms with Crippen molar-refractivity contribution in [3.8, 4) is 16.9 Å². The zero-order chi connectivity index (χ0) is 24.2. The van der Waals surface area contributed by atoms with E-state index in [1.165, 1.54) is 0 Å². The fourth-order valence-corrected chi connectivity index (χ4v) is 4.27. The molecule has 9 heteroatoms. The zero-order valence-electron chi connectivity index (χ0n) is 18.4. The molecule has 0 aliphatic rings. The topological polar surface area (TPSA) is 126 Å². The standard InChI is InChI=1S/C24H26N2O6S/c1-16-18(15-23(28)25-21(12-13-27)24(29)30)14-22(26(16)19-6-4-3-5-7-19)17-8-10-20(11-9-17)33(2,31)32/h3-11,14,21,27H,12-13,15H2,1-2H3,(H,25,28)(H,29,30)/t21-/m0/s1. The number of carboxylic acid groups (broad SMARTS) is 1. The molecule has 0 aliphatic carbocycles. The number of carbonyl (C=O) groups excluding carboxylic acids is 1. The van der Waals surface area contributed by atoms with Gasteiger partial charge in [-0.15, -0.1) is 0 Å². The lowest BCUT2D eigenvalue weighted by Crippen LogP contribution is -2.42. The lowest BCUT2D eigenvalue weighted by Gasteiger charge is -2.14. The van der Waals surface area contributed by atoms with Crippen LogP contribution in [0.1, 0.15) is 17.7 Å². The van der Waals surface area contributed by atoms with E-state index in [9.17, 15) is 23.1 Å². The number of benzene rings is 2. The third kappa shape index (κ3) is 5.68. The predicted molar refractivity (Wildman–Crippen MR) is 124 cm³/mol. The Bertz CT molecular complexity index is 1250. The van der Waals surface area contributed by atoms with Crippen LogP contribution in [0.4, 0.5) is 0 Å². The summed E-state index contributed by atoms with van der Waals surface area (Å²) in [6.45, 7) is 1.51. The second-order valence-electron chi connectivity index (χ2n) is 7.76. The molecular weight excluding hydrogens is 444 g/mol. The van der Waals surface area contributed by atoms with E-state index in [1.54, 1.807) is 24.3 Å². The number of carboxylic acids is 1. The molecule has 0 fully saturated rings. The van der Waals surface area contributed by atoms with Gasteiger partial charge in [0.2, 0.25) is 5.91 Å². The number of hydrogen-bond donors (Lipinski definition) is 3. The predicted octanol–water partition coefficient (Wildman–Crippen LogP) is 2.35. The molecule has 0 saturated carbocycles. The molecule has 3 aromatic rings. The van der Waals surface area contributed by atoms with Crippen molar-refractivity contribution < 1.29 is 28.2 Å². The van der Waals surface area contributed by atoms with E-state index in [4.69, 9.17) is 5.11 Å². The van der Waals surface area contributed by atoms with E-state index >= 15 is 0 Å². The number of aliphatic carboxylic acids is 1. The largest absolute Gasteiger partial charge is 0.480 e. The van der Waals surface area contributed by atoms with Gasteiger partial charge in [0.05, 0.1) is 17.0 Å². The van der Waals surface area contributed by atoms with Gasteiger partial charge in [0, 0.05) is 30.7 Å². The quantitative estimate of drug-likeness (QED) is 0.441. The number of aliphatic hydroxyl groups excluding tert-OH is 1. The van der Waals surface area contributed by atoms with Crippen LogP contribution in [0.3, 0.4) is 0 Å². The van der Waals surface area contributed by atoms with Crippen LogP contribution < -0.4 is 5.32 Å². The highest BCUT2D eigenvalue weighted by Gasteiger charge is 2.22. The Morgan fingerprint density at radius 1 is 1.06 bits per heavy atom. The zero-order valence-corrected chi connectivity index (χ0v) is 19.2. The van der Waals surface area contributed by atoms with Gasteiger partial charge >= 0.3 is 5.97 Å².